The average Bonchev–Trinajstić information content (AvgIpc) is 3.17. The van der Waals surface area contributed by atoms with Crippen LogP contribution >= 0.6 is 34.5 Å². The van der Waals surface area contributed by atoms with Crippen molar-refractivity contribution in [2.45, 2.75) is 38.1 Å². The topological polar surface area (TPSA) is 81.0 Å². The molecular weight excluding hydrogens is 517 g/mol. The zero-order valence-electron chi connectivity index (χ0n) is 19.3. The van der Waals surface area contributed by atoms with Gasteiger partial charge in [-0.05, 0) is 49.2 Å². The van der Waals surface area contributed by atoms with Gasteiger partial charge in [0.15, 0.2) is 4.80 Å². The van der Waals surface area contributed by atoms with Crippen molar-refractivity contribution < 1.29 is 17.9 Å². The number of fused-ring (bicyclic) bond motifs is 1. The minimum absolute atomic E-state index is 0.157. The summed E-state index contributed by atoms with van der Waals surface area (Å²) in [4.78, 5) is 17.9. The molecule has 0 bridgehead atoms. The Labute approximate surface area is 213 Å². The van der Waals surface area contributed by atoms with E-state index in [-0.39, 0.29) is 10.5 Å². The normalized spacial score (nSPS) is 12.7. The van der Waals surface area contributed by atoms with Crippen LogP contribution in [0.2, 0.25) is 10.0 Å². The SMILES string of the molecule is CCCN(CCC)S(=O)(=O)c1ccc(C(=O)N=c2sc3ccc(Cl)c(Cl)c3n2CCOC)cc1. The summed E-state index contributed by atoms with van der Waals surface area (Å²) in [6.45, 7) is 5.61. The molecule has 3 aromatic rings. The lowest BCUT2D eigenvalue weighted by molar-refractivity contribution is 0.0997. The van der Waals surface area contributed by atoms with Crippen LogP contribution in [0.15, 0.2) is 46.3 Å². The van der Waals surface area contributed by atoms with Gasteiger partial charge in [0.25, 0.3) is 5.91 Å². The van der Waals surface area contributed by atoms with Gasteiger partial charge in [0.2, 0.25) is 10.0 Å². The van der Waals surface area contributed by atoms with Crippen LogP contribution in [-0.4, -0.2) is 50.0 Å². The van der Waals surface area contributed by atoms with E-state index in [0.29, 0.717) is 46.6 Å². The number of nitrogens with zero attached hydrogens (tertiary/aromatic N) is 3. The van der Waals surface area contributed by atoms with Crippen molar-refractivity contribution in [3.8, 4) is 0 Å². The second kappa shape index (κ2) is 11.8. The van der Waals surface area contributed by atoms with E-state index in [1.165, 1.54) is 39.9 Å². The van der Waals surface area contributed by atoms with Gasteiger partial charge in [-0.25, -0.2) is 8.42 Å². The van der Waals surface area contributed by atoms with Gasteiger partial charge in [-0.1, -0.05) is 48.4 Å². The third-order valence-electron chi connectivity index (χ3n) is 5.14. The lowest BCUT2D eigenvalue weighted by Crippen LogP contribution is -2.32. The fraction of sp³-hybridized carbons (Fsp3) is 0.391. The molecule has 184 valence electrons. The zero-order chi connectivity index (χ0) is 24.9. The van der Waals surface area contributed by atoms with Crippen LogP contribution in [0.3, 0.4) is 0 Å². The van der Waals surface area contributed by atoms with Gasteiger partial charge < -0.3 is 9.30 Å². The van der Waals surface area contributed by atoms with Crippen LogP contribution in [0.25, 0.3) is 10.2 Å². The highest BCUT2D eigenvalue weighted by Crippen LogP contribution is 2.32. The van der Waals surface area contributed by atoms with Crippen LogP contribution in [0.5, 0.6) is 0 Å². The van der Waals surface area contributed by atoms with Crippen molar-refractivity contribution in [3.63, 3.8) is 0 Å². The van der Waals surface area contributed by atoms with E-state index in [0.717, 1.165) is 17.5 Å². The Kier molecular flexibility index (Phi) is 9.31. The number of hydrogen-bond acceptors (Lipinski definition) is 5. The van der Waals surface area contributed by atoms with Gasteiger partial charge in [0, 0.05) is 32.3 Å². The molecule has 0 aliphatic heterocycles. The number of aromatic nitrogens is 1. The predicted octanol–water partition coefficient (Wildman–Crippen LogP) is 5.21. The molecule has 0 atom stereocenters. The van der Waals surface area contributed by atoms with Crippen molar-refractivity contribution in [2.24, 2.45) is 4.99 Å². The summed E-state index contributed by atoms with van der Waals surface area (Å²) in [5, 5.41) is 0.798. The van der Waals surface area contributed by atoms with E-state index in [9.17, 15) is 13.2 Å². The van der Waals surface area contributed by atoms with Crippen LogP contribution in [0, 0.1) is 0 Å². The highest BCUT2D eigenvalue weighted by Gasteiger charge is 2.23. The van der Waals surface area contributed by atoms with E-state index in [2.05, 4.69) is 4.99 Å². The summed E-state index contributed by atoms with van der Waals surface area (Å²) in [5.41, 5.74) is 0.979. The molecule has 11 heteroatoms. The molecule has 34 heavy (non-hydrogen) atoms. The number of methoxy groups -OCH3 is 1. The van der Waals surface area contributed by atoms with Gasteiger partial charge in [-0.2, -0.15) is 9.30 Å². The maximum absolute atomic E-state index is 13.0. The first-order chi connectivity index (χ1) is 16.2. The molecule has 0 unspecified atom stereocenters. The summed E-state index contributed by atoms with van der Waals surface area (Å²) in [6, 6.07) is 9.43. The number of carbonyl (C=O) groups excluding carboxylic acids is 1. The second-order valence-corrected chi connectivity index (χ2v) is 11.3. The molecule has 2 aromatic carbocycles. The van der Waals surface area contributed by atoms with Gasteiger partial charge in [0.1, 0.15) is 0 Å². The van der Waals surface area contributed by atoms with Crippen LogP contribution in [-0.2, 0) is 21.3 Å². The molecule has 7 nitrogen and oxygen atoms in total. The molecule has 0 aliphatic rings. The minimum atomic E-state index is -3.62. The Hall–Kier alpha value is -1.75. The molecule has 0 saturated carbocycles. The molecule has 3 rings (SSSR count). The van der Waals surface area contributed by atoms with Gasteiger partial charge in [0.05, 0.1) is 31.8 Å². The van der Waals surface area contributed by atoms with Crippen molar-refractivity contribution in [1.29, 1.82) is 0 Å². The first-order valence-electron chi connectivity index (χ1n) is 10.9. The Morgan fingerprint density at radius 1 is 1.09 bits per heavy atom. The van der Waals surface area contributed by atoms with Crippen molar-refractivity contribution in [1.82, 2.24) is 8.87 Å². The van der Waals surface area contributed by atoms with E-state index in [1.807, 2.05) is 24.5 Å². The summed E-state index contributed by atoms with van der Waals surface area (Å²) >= 11 is 13.9. The predicted molar refractivity (Wildman–Crippen MR) is 137 cm³/mol. The number of benzene rings is 2. The maximum atomic E-state index is 13.0. The number of amides is 1. The maximum Gasteiger partial charge on any atom is 0.279 e. The quantitative estimate of drug-likeness (QED) is 0.351. The monoisotopic (exact) mass is 543 g/mol. The summed E-state index contributed by atoms with van der Waals surface area (Å²) in [7, 11) is -2.03. The number of hydrogen-bond donors (Lipinski definition) is 0. The van der Waals surface area contributed by atoms with E-state index >= 15 is 0 Å². The molecule has 0 radical (unpaired) electrons. The fourth-order valence-corrected chi connectivity index (χ4v) is 6.66. The molecule has 1 amide bonds. The molecule has 1 heterocycles. The van der Waals surface area contributed by atoms with Crippen molar-refractivity contribution in [2.75, 3.05) is 26.8 Å². The standard InChI is InChI=1S/C23H27Cl2N3O4S2/c1-4-12-27(13-5-2)34(30,31)17-8-6-16(7-9-17)22(29)26-23-28(14-15-32-3)21-19(33-23)11-10-18(24)20(21)25/h6-11H,4-5,12-15H2,1-3H3. The van der Waals surface area contributed by atoms with Crippen molar-refractivity contribution >= 4 is 60.7 Å². The Morgan fingerprint density at radius 2 is 1.74 bits per heavy atom. The molecular formula is C23H27Cl2N3O4S2. The second-order valence-electron chi connectivity index (χ2n) is 7.58. The molecule has 1 aromatic heterocycles. The minimum Gasteiger partial charge on any atom is -0.383 e. The number of sulfonamides is 1. The molecule has 0 fully saturated rings. The van der Waals surface area contributed by atoms with Crippen LogP contribution < -0.4 is 4.80 Å². The third-order valence-corrected chi connectivity index (χ3v) is 8.89. The number of thiazole rings is 1. The number of carbonyl (C=O) groups is 1. The van der Waals surface area contributed by atoms with Gasteiger partial charge >= 0.3 is 0 Å². The summed E-state index contributed by atoms with van der Waals surface area (Å²) in [5.74, 6) is -0.483. The summed E-state index contributed by atoms with van der Waals surface area (Å²) in [6.07, 6.45) is 1.45. The molecule has 0 spiro atoms. The summed E-state index contributed by atoms with van der Waals surface area (Å²) < 4.78 is 35.3. The Morgan fingerprint density at radius 3 is 2.32 bits per heavy atom. The van der Waals surface area contributed by atoms with Gasteiger partial charge in [-0.15, -0.1) is 0 Å². The molecule has 0 aliphatic carbocycles. The largest absolute Gasteiger partial charge is 0.383 e. The lowest BCUT2D eigenvalue weighted by atomic mass is 10.2. The number of ether oxygens (including phenoxy) is 1. The smallest absolute Gasteiger partial charge is 0.279 e. The highest BCUT2D eigenvalue weighted by molar-refractivity contribution is 7.89. The zero-order valence-corrected chi connectivity index (χ0v) is 22.4. The van der Waals surface area contributed by atoms with Crippen LogP contribution in [0.4, 0.5) is 0 Å². The van der Waals surface area contributed by atoms with E-state index in [4.69, 9.17) is 27.9 Å². The average molecular weight is 545 g/mol. The molecule has 0 N–H and O–H groups in total. The fourth-order valence-electron chi connectivity index (χ4n) is 3.50. The third kappa shape index (κ3) is 5.72. The number of rotatable bonds is 10. The first-order valence-corrected chi connectivity index (χ1v) is 13.9. The Balaban J connectivity index is 1.98. The molecule has 0 saturated heterocycles. The van der Waals surface area contributed by atoms with Crippen LogP contribution in [0.1, 0.15) is 37.0 Å². The first kappa shape index (κ1) is 26.8. The van der Waals surface area contributed by atoms with E-state index in [1.54, 1.807) is 13.2 Å². The Bertz CT molecular complexity index is 1330. The lowest BCUT2D eigenvalue weighted by Gasteiger charge is -2.21. The van der Waals surface area contributed by atoms with E-state index < -0.39 is 15.9 Å². The van der Waals surface area contributed by atoms with Crippen molar-refractivity contribution in [3.05, 3.63) is 56.8 Å². The number of halogens is 2. The van der Waals surface area contributed by atoms with Gasteiger partial charge in [-0.3, -0.25) is 4.79 Å². The highest BCUT2D eigenvalue weighted by atomic mass is 35.5.